The van der Waals surface area contributed by atoms with Crippen LogP contribution in [0, 0.1) is 0 Å². The van der Waals surface area contributed by atoms with Gasteiger partial charge in [-0.25, -0.2) is 9.97 Å². The van der Waals surface area contributed by atoms with Gasteiger partial charge in [0.15, 0.2) is 0 Å². The molecule has 0 fully saturated rings. The second-order valence-electron chi connectivity index (χ2n) is 2.69. The van der Waals surface area contributed by atoms with Crippen LogP contribution >= 0.6 is 0 Å². The molecule has 0 aromatic carbocycles. The molecule has 1 heterocycles. The minimum Gasteiger partial charge on any atom is -0.380 e. The van der Waals surface area contributed by atoms with Crippen LogP contribution < -0.4 is 0 Å². The third-order valence-corrected chi connectivity index (χ3v) is 1.54. The van der Waals surface area contributed by atoms with Crippen LogP contribution in [0.15, 0.2) is 12.4 Å². The van der Waals surface area contributed by atoms with Crippen LogP contribution in [0.5, 0.6) is 0 Å². The smallest absolute Gasteiger partial charge is 0.128 e. The Labute approximate surface area is 72.8 Å². The number of hydrogen-bond donors (Lipinski definition) is 0. The Hall–Kier alpha value is -0.960. The maximum Gasteiger partial charge on any atom is 0.128 e. The Kier molecular flexibility index (Phi) is 3.67. The average molecular weight is 166 g/mol. The fourth-order valence-electron chi connectivity index (χ4n) is 0.975. The minimum atomic E-state index is 0.590. The third kappa shape index (κ3) is 2.58. The van der Waals surface area contributed by atoms with Crippen LogP contribution in [0.25, 0.3) is 0 Å². The number of nitrogens with zero attached hydrogens (tertiary/aromatic N) is 2. The summed E-state index contributed by atoms with van der Waals surface area (Å²) in [6.07, 6.45) is 5.68. The number of ether oxygens (including phenoxy) is 1. The highest BCUT2D eigenvalue weighted by atomic mass is 16.5. The first-order valence-corrected chi connectivity index (χ1v) is 4.15. The van der Waals surface area contributed by atoms with Gasteiger partial charge in [0, 0.05) is 31.5 Å². The SMILES string of the molecule is CCCc1ncc(COC)cn1. The molecule has 1 aromatic heterocycles. The van der Waals surface area contributed by atoms with Crippen molar-refractivity contribution in [3.05, 3.63) is 23.8 Å². The van der Waals surface area contributed by atoms with Gasteiger partial charge in [-0.1, -0.05) is 6.92 Å². The number of rotatable bonds is 4. The fraction of sp³-hybridized carbons (Fsp3) is 0.556. The molecular formula is C9H14N2O. The van der Waals surface area contributed by atoms with E-state index < -0.39 is 0 Å². The van der Waals surface area contributed by atoms with Crippen molar-refractivity contribution in [3.8, 4) is 0 Å². The molecule has 3 nitrogen and oxygen atoms in total. The van der Waals surface area contributed by atoms with Crippen molar-refractivity contribution in [1.29, 1.82) is 0 Å². The molecule has 0 aliphatic rings. The average Bonchev–Trinajstić information content (AvgIpc) is 2.09. The van der Waals surface area contributed by atoms with Gasteiger partial charge in [0.25, 0.3) is 0 Å². The van der Waals surface area contributed by atoms with E-state index in [2.05, 4.69) is 16.9 Å². The first-order chi connectivity index (χ1) is 5.86. The van der Waals surface area contributed by atoms with Crippen molar-refractivity contribution >= 4 is 0 Å². The normalized spacial score (nSPS) is 10.2. The summed E-state index contributed by atoms with van der Waals surface area (Å²) in [6, 6.07) is 0. The lowest BCUT2D eigenvalue weighted by Crippen LogP contribution is -1.96. The van der Waals surface area contributed by atoms with E-state index in [1.54, 1.807) is 7.11 Å². The Morgan fingerprint density at radius 2 is 2.00 bits per heavy atom. The lowest BCUT2D eigenvalue weighted by molar-refractivity contribution is 0.184. The van der Waals surface area contributed by atoms with Crippen LogP contribution in [0.1, 0.15) is 24.7 Å². The van der Waals surface area contributed by atoms with Gasteiger partial charge in [-0.2, -0.15) is 0 Å². The van der Waals surface area contributed by atoms with Gasteiger partial charge in [-0.15, -0.1) is 0 Å². The predicted octanol–water partition coefficient (Wildman–Crippen LogP) is 1.58. The van der Waals surface area contributed by atoms with Crippen molar-refractivity contribution in [3.63, 3.8) is 0 Å². The van der Waals surface area contributed by atoms with Gasteiger partial charge in [-0.3, -0.25) is 0 Å². The molecule has 0 radical (unpaired) electrons. The van der Waals surface area contributed by atoms with Gasteiger partial charge in [0.1, 0.15) is 5.82 Å². The monoisotopic (exact) mass is 166 g/mol. The summed E-state index contributed by atoms with van der Waals surface area (Å²) in [4.78, 5) is 8.39. The van der Waals surface area contributed by atoms with Crippen LogP contribution in [0.3, 0.4) is 0 Å². The predicted molar refractivity (Wildman–Crippen MR) is 46.7 cm³/mol. The first kappa shape index (κ1) is 9.13. The molecule has 0 saturated heterocycles. The topological polar surface area (TPSA) is 35.0 Å². The molecule has 0 saturated carbocycles. The molecule has 0 N–H and O–H groups in total. The Morgan fingerprint density at radius 1 is 1.33 bits per heavy atom. The van der Waals surface area contributed by atoms with E-state index in [9.17, 15) is 0 Å². The maximum atomic E-state index is 4.95. The summed E-state index contributed by atoms with van der Waals surface area (Å²) in [5.41, 5.74) is 1.03. The van der Waals surface area contributed by atoms with Gasteiger partial charge in [0.05, 0.1) is 6.61 Å². The zero-order valence-corrected chi connectivity index (χ0v) is 7.58. The van der Waals surface area contributed by atoms with E-state index in [4.69, 9.17) is 4.74 Å². The third-order valence-electron chi connectivity index (χ3n) is 1.54. The first-order valence-electron chi connectivity index (χ1n) is 4.15. The molecule has 12 heavy (non-hydrogen) atoms. The largest absolute Gasteiger partial charge is 0.380 e. The molecule has 0 aliphatic carbocycles. The van der Waals surface area contributed by atoms with Crippen molar-refractivity contribution in [2.75, 3.05) is 7.11 Å². The second-order valence-corrected chi connectivity index (χ2v) is 2.69. The number of aryl methyl sites for hydroxylation is 1. The van der Waals surface area contributed by atoms with E-state index >= 15 is 0 Å². The second kappa shape index (κ2) is 4.83. The van der Waals surface area contributed by atoms with Crippen molar-refractivity contribution in [1.82, 2.24) is 9.97 Å². The molecule has 0 bridgehead atoms. The zero-order chi connectivity index (χ0) is 8.81. The van der Waals surface area contributed by atoms with Crippen molar-refractivity contribution in [2.24, 2.45) is 0 Å². The summed E-state index contributed by atoms with van der Waals surface area (Å²) in [5.74, 6) is 0.914. The Bertz CT molecular complexity index is 195. The Balaban J connectivity index is 2.58. The quantitative estimate of drug-likeness (QED) is 0.681. The van der Waals surface area contributed by atoms with E-state index in [1.807, 2.05) is 12.4 Å². The zero-order valence-electron chi connectivity index (χ0n) is 7.58. The Morgan fingerprint density at radius 3 is 2.50 bits per heavy atom. The summed E-state index contributed by atoms with van der Waals surface area (Å²) in [5, 5.41) is 0. The lowest BCUT2D eigenvalue weighted by Gasteiger charge is -1.99. The van der Waals surface area contributed by atoms with Crippen LogP contribution in [-0.4, -0.2) is 17.1 Å². The van der Waals surface area contributed by atoms with Crippen molar-refractivity contribution < 1.29 is 4.74 Å². The van der Waals surface area contributed by atoms with E-state index in [0.29, 0.717) is 6.61 Å². The van der Waals surface area contributed by atoms with Gasteiger partial charge in [0.2, 0.25) is 0 Å². The van der Waals surface area contributed by atoms with E-state index in [-0.39, 0.29) is 0 Å². The van der Waals surface area contributed by atoms with Gasteiger partial charge in [-0.05, 0) is 6.42 Å². The summed E-state index contributed by atoms with van der Waals surface area (Å²) < 4.78 is 4.95. The summed E-state index contributed by atoms with van der Waals surface area (Å²) >= 11 is 0. The fourth-order valence-corrected chi connectivity index (χ4v) is 0.975. The highest BCUT2D eigenvalue weighted by Crippen LogP contribution is 1.99. The summed E-state index contributed by atoms with van der Waals surface area (Å²) in [7, 11) is 1.67. The summed E-state index contributed by atoms with van der Waals surface area (Å²) in [6.45, 7) is 2.71. The highest BCUT2D eigenvalue weighted by Gasteiger charge is 1.95. The number of hydrogen-bond acceptors (Lipinski definition) is 3. The molecule has 0 spiro atoms. The van der Waals surface area contributed by atoms with Crippen LogP contribution in [0.4, 0.5) is 0 Å². The molecule has 1 rings (SSSR count). The van der Waals surface area contributed by atoms with Gasteiger partial charge >= 0.3 is 0 Å². The standard InChI is InChI=1S/C9H14N2O/c1-3-4-9-10-5-8(6-11-9)7-12-2/h5-6H,3-4,7H2,1-2H3. The molecule has 0 aliphatic heterocycles. The van der Waals surface area contributed by atoms with E-state index in [1.165, 1.54) is 0 Å². The lowest BCUT2D eigenvalue weighted by atomic mass is 10.3. The maximum absolute atomic E-state index is 4.95. The molecule has 0 amide bonds. The molecule has 66 valence electrons. The number of methoxy groups -OCH3 is 1. The van der Waals surface area contributed by atoms with Gasteiger partial charge < -0.3 is 4.74 Å². The van der Waals surface area contributed by atoms with Crippen LogP contribution in [0.2, 0.25) is 0 Å². The van der Waals surface area contributed by atoms with Crippen molar-refractivity contribution in [2.45, 2.75) is 26.4 Å². The molecule has 1 aromatic rings. The highest BCUT2D eigenvalue weighted by molar-refractivity contribution is 5.03. The molecule has 0 atom stereocenters. The van der Waals surface area contributed by atoms with E-state index in [0.717, 1.165) is 24.2 Å². The minimum absolute atomic E-state index is 0.590. The molecular weight excluding hydrogens is 152 g/mol. The molecule has 0 unspecified atom stereocenters. The molecule has 3 heteroatoms. The van der Waals surface area contributed by atoms with Crippen LogP contribution in [-0.2, 0) is 17.8 Å². The number of aromatic nitrogens is 2.